The highest BCUT2D eigenvalue weighted by molar-refractivity contribution is 6.28. The molecule has 0 unspecified atom stereocenters. The van der Waals surface area contributed by atoms with Gasteiger partial charge in [-0.2, -0.15) is 15.0 Å². The zero-order chi connectivity index (χ0) is 15.4. The third-order valence-corrected chi connectivity index (χ3v) is 2.53. The quantitative estimate of drug-likeness (QED) is 0.918. The monoisotopic (exact) mass is 314 g/mol. The fraction of sp³-hybridized carbons (Fsp3) is 0.308. The average molecular weight is 315 g/mol. The molecule has 112 valence electrons. The van der Waals surface area contributed by atoms with Crippen LogP contribution >= 0.6 is 11.6 Å². The van der Waals surface area contributed by atoms with Crippen molar-refractivity contribution in [1.29, 1.82) is 0 Å². The Morgan fingerprint density at radius 2 is 1.95 bits per heavy atom. The number of aromatic nitrogens is 3. The summed E-state index contributed by atoms with van der Waals surface area (Å²) in [6, 6.07) is 3.70. The van der Waals surface area contributed by atoms with Gasteiger partial charge in [-0.15, -0.1) is 0 Å². The molecule has 21 heavy (non-hydrogen) atoms. The molecule has 0 aliphatic carbocycles. The maximum atomic E-state index is 13.1. The van der Waals surface area contributed by atoms with Gasteiger partial charge in [-0.25, -0.2) is 8.78 Å². The maximum absolute atomic E-state index is 13.1. The summed E-state index contributed by atoms with van der Waals surface area (Å²) in [4.78, 5) is 11.7. The van der Waals surface area contributed by atoms with Crippen LogP contribution in [0.5, 0.6) is 6.01 Å². The van der Waals surface area contributed by atoms with Crippen LogP contribution < -0.4 is 10.1 Å². The second-order valence-electron chi connectivity index (χ2n) is 4.48. The zero-order valence-electron chi connectivity index (χ0n) is 11.4. The Hall–Kier alpha value is -2.02. The number of hydrogen-bond donors (Lipinski definition) is 1. The molecule has 0 aliphatic rings. The zero-order valence-corrected chi connectivity index (χ0v) is 12.2. The van der Waals surface area contributed by atoms with Gasteiger partial charge in [0.05, 0.1) is 6.10 Å². The fourth-order valence-electron chi connectivity index (χ4n) is 1.51. The van der Waals surface area contributed by atoms with Gasteiger partial charge < -0.3 is 10.1 Å². The van der Waals surface area contributed by atoms with Crippen LogP contribution in [0.25, 0.3) is 0 Å². The van der Waals surface area contributed by atoms with Crippen molar-refractivity contribution in [3.63, 3.8) is 0 Å². The summed E-state index contributed by atoms with van der Waals surface area (Å²) < 4.78 is 31.2. The van der Waals surface area contributed by atoms with Gasteiger partial charge in [-0.1, -0.05) is 6.07 Å². The molecule has 0 bridgehead atoms. The lowest BCUT2D eigenvalue weighted by Gasteiger charge is -2.10. The van der Waals surface area contributed by atoms with E-state index in [1.807, 2.05) is 13.8 Å². The predicted octanol–water partition coefficient (Wildman–Crippen LogP) is 3.20. The molecule has 1 N–H and O–H groups in total. The first-order valence-electron chi connectivity index (χ1n) is 6.20. The van der Waals surface area contributed by atoms with Gasteiger partial charge in [-0.3, -0.25) is 0 Å². The second-order valence-corrected chi connectivity index (χ2v) is 4.82. The predicted molar refractivity (Wildman–Crippen MR) is 74.3 cm³/mol. The Bertz CT molecular complexity index is 640. The van der Waals surface area contributed by atoms with Crippen LogP contribution in [0, 0.1) is 11.6 Å². The molecule has 0 aliphatic heterocycles. The van der Waals surface area contributed by atoms with Crippen molar-refractivity contribution in [3.05, 3.63) is 40.7 Å². The molecule has 1 heterocycles. The van der Waals surface area contributed by atoms with Crippen LogP contribution in [0.4, 0.5) is 14.7 Å². The minimum Gasteiger partial charge on any atom is -0.461 e. The first-order valence-corrected chi connectivity index (χ1v) is 6.58. The average Bonchev–Trinajstić information content (AvgIpc) is 2.39. The Labute approximate surface area is 125 Å². The van der Waals surface area contributed by atoms with E-state index in [0.29, 0.717) is 5.56 Å². The SMILES string of the molecule is CC(C)Oc1nc(Cl)nc(NCc2ccc(F)c(F)c2)n1. The minimum absolute atomic E-state index is 0.0200. The van der Waals surface area contributed by atoms with E-state index in [4.69, 9.17) is 16.3 Å². The van der Waals surface area contributed by atoms with E-state index in [1.54, 1.807) is 0 Å². The maximum Gasteiger partial charge on any atom is 0.322 e. The highest BCUT2D eigenvalue weighted by Gasteiger charge is 2.08. The van der Waals surface area contributed by atoms with E-state index >= 15 is 0 Å². The Morgan fingerprint density at radius 3 is 2.62 bits per heavy atom. The van der Waals surface area contributed by atoms with Crippen molar-refractivity contribution in [3.8, 4) is 6.01 Å². The molecule has 2 aromatic rings. The van der Waals surface area contributed by atoms with Crippen LogP contribution in [-0.4, -0.2) is 21.1 Å². The summed E-state index contributed by atoms with van der Waals surface area (Å²) in [5.74, 6) is -1.61. The molecule has 0 saturated carbocycles. The van der Waals surface area contributed by atoms with Gasteiger partial charge in [0, 0.05) is 6.54 Å². The molecule has 0 atom stereocenters. The van der Waals surface area contributed by atoms with Crippen molar-refractivity contribution in [2.45, 2.75) is 26.5 Å². The number of ether oxygens (including phenoxy) is 1. The molecule has 8 heteroatoms. The number of rotatable bonds is 5. The lowest BCUT2D eigenvalue weighted by molar-refractivity contribution is 0.222. The van der Waals surface area contributed by atoms with E-state index < -0.39 is 11.6 Å². The van der Waals surface area contributed by atoms with Crippen molar-refractivity contribution < 1.29 is 13.5 Å². The summed E-state index contributed by atoms with van der Waals surface area (Å²) in [6.07, 6.45) is -0.109. The van der Waals surface area contributed by atoms with E-state index in [2.05, 4.69) is 20.3 Å². The van der Waals surface area contributed by atoms with Crippen molar-refractivity contribution in [2.24, 2.45) is 0 Å². The molecule has 1 aromatic carbocycles. The highest BCUT2D eigenvalue weighted by Crippen LogP contribution is 2.14. The minimum atomic E-state index is -0.910. The first kappa shape index (κ1) is 15.4. The molecule has 0 spiro atoms. The van der Waals surface area contributed by atoms with Gasteiger partial charge in [0.1, 0.15) is 0 Å². The number of hydrogen-bond acceptors (Lipinski definition) is 5. The number of nitrogens with zero attached hydrogens (tertiary/aromatic N) is 3. The molecular formula is C13H13ClF2N4O. The van der Waals surface area contributed by atoms with Gasteiger partial charge in [0.25, 0.3) is 0 Å². The van der Waals surface area contributed by atoms with E-state index in [9.17, 15) is 8.78 Å². The Morgan fingerprint density at radius 1 is 1.19 bits per heavy atom. The first-order chi connectivity index (χ1) is 9.94. The van der Waals surface area contributed by atoms with Crippen LogP contribution in [0.2, 0.25) is 5.28 Å². The number of halogens is 3. The van der Waals surface area contributed by atoms with Gasteiger partial charge in [0.15, 0.2) is 11.6 Å². The van der Waals surface area contributed by atoms with Crippen LogP contribution in [0.3, 0.4) is 0 Å². The lowest BCUT2D eigenvalue weighted by atomic mass is 10.2. The smallest absolute Gasteiger partial charge is 0.322 e. The van der Waals surface area contributed by atoms with Gasteiger partial charge in [0.2, 0.25) is 11.2 Å². The standard InChI is InChI=1S/C13H13ClF2N4O/c1-7(2)21-13-19-11(14)18-12(20-13)17-6-8-3-4-9(15)10(16)5-8/h3-5,7H,6H2,1-2H3,(H,17,18,19,20). The van der Waals surface area contributed by atoms with Crippen LogP contribution in [0.15, 0.2) is 18.2 Å². The topological polar surface area (TPSA) is 59.9 Å². The van der Waals surface area contributed by atoms with Crippen LogP contribution in [-0.2, 0) is 6.54 Å². The number of benzene rings is 1. The van der Waals surface area contributed by atoms with Crippen molar-refractivity contribution >= 4 is 17.5 Å². The molecule has 5 nitrogen and oxygen atoms in total. The molecule has 0 saturated heterocycles. The van der Waals surface area contributed by atoms with E-state index in [-0.39, 0.29) is 29.9 Å². The Kier molecular flexibility index (Phi) is 4.85. The number of nitrogens with one attached hydrogen (secondary N) is 1. The Balaban J connectivity index is 2.08. The summed E-state index contributed by atoms with van der Waals surface area (Å²) in [5.41, 5.74) is 0.539. The van der Waals surface area contributed by atoms with Crippen LogP contribution in [0.1, 0.15) is 19.4 Å². The van der Waals surface area contributed by atoms with Crippen molar-refractivity contribution in [2.75, 3.05) is 5.32 Å². The largest absolute Gasteiger partial charge is 0.461 e. The second kappa shape index (κ2) is 6.62. The third-order valence-electron chi connectivity index (χ3n) is 2.36. The molecular weight excluding hydrogens is 302 g/mol. The summed E-state index contributed by atoms with van der Waals surface area (Å²) >= 11 is 5.77. The molecule has 1 aromatic heterocycles. The molecule has 0 radical (unpaired) electrons. The van der Waals surface area contributed by atoms with E-state index in [0.717, 1.165) is 12.1 Å². The highest BCUT2D eigenvalue weighted by atomic mass is 35.5. The number of anilines is 1. The van der Waals surface area contributed by atoms with Gasteiger partial charge in [-0.05, 0) is 43.1 Å². The summed E-state index contributed by atoms with van der Waals surface area (Å²) in [5, 5.41) is 2.83. The van der Waals surface area contributed by atoms with Crippen molar-refractivity contribution in [1.82, 2.24) is 15.0 Å². The normalized spacial score (nSPS) is 10.8. The molecule has 0 fully saturated rings. The summed E-state index contributed by atoms with van der Waals surface area (Å²) in [7, 11) is 0. The van der Waals surface area contributed by atoms with E-state index in [1.165, 1.54) is 6.07 Å². The molecule has 0 amide bonds. The molecule has 2 rings (SSSR count). The van der Waals surface area contributed by atoms with Gasteiger partial charge >= 0.3 is 6.01 Å². The lowest BCUT2D eigenvalue weighted by Crippen LogP contribution is -2.11. The fourth-order valence-corrected chi connectivity index (χ4v) is 1.66. The summed E-state index contributed by atoms with van der Waals surface area (Å²) in [6.45, 7) is 3.86. The third kappa shape index (κ3) is 4.49.